The standard InChI is InChI=1S/C19H32O4/c1-3-5-6-7-8-9-10-11-12-13-15-22-19(14-4-2)16-17(20)23-18(19)21/h4H,2-3,5-16H2,1H3. The van der Waals surface area contributed by atoms with Crippen LogP contribution in [0.3, 0.4) is 0 Å². The molecule has 0 aromatic heterocycles. The first-order chi connectivity index (χ1) is 11.1. The molecule has 1 unspecified atom stereocenters. The van der Waals surface area contributed by atoms with E-state index in [0.29, 0.717) is 13.0 Å². The molecule has 0 amide bonds. The van der Waals surface area contributed by atoms with Gasteiger partial charge < -0.3 is 9.47 Å². The lowest BCUT2D eigenvalue weighted by Gasteiger charge is -2.22. The fourth-order valence-electron chi connectivity index (χ4n) is 2.95. The van der Waals surface area contributed by atoms with Crippen LogP contribution < -0.4 is 0 Å². The van der Waals surface area contributed by atoms with Crippen LogP contribution in [0.4, 0.5) is 0 Å². The van der Waals surface area contributed by atoms with Crippen molar-refractivity contribution in [2.75, 3.05) is 6.61 Å². The third-order valence-corrected chi connectivity index (χ3v) is 4.36. The second-order valence-corrected chi connectivity index (χ2v) is 6.46. The summed E-state index contributed by atoms with van der Waals surface area (Å²) in [6, 6.07) is 0. The van der Waals surface area contributed by atoms with E-state index < -0.39 is 17.5 Å². The highest BCUT2D eigenvalue weighted by molar-refractivity contribution is 5.99. The van der Waals surface area contributed by atoms with Crippen molar-refractivity contribution in [3.63, 3.8) is 0 Å². The summed E-state index contributed by atoms with van der Waals surface area (Å²) in [6.45, 7) is 6.37. The van der Waals surface area contributed by atoms with E-state index in [1.165, 1.54) is 51.4 Å². The van der Waals surface area contributed by atoms with E-state index in [-0.39, 0.29) is 6.42 Å². The minimum atomic E-state index is -1.11. The van der Waals surface area contributed by atoms with Gasteiger partial charge in [-0.25, -0.2) is 4.79 Å². The molecule has 1 saturated heterocycles. The summed E-state index contributed by atoms with van der Waals surface area (Å²) in [7, 11) is 0. The van der Waals surface area contributed by atoms with Gasteiger partial charge in [-0.1, -0.05) is 70.8 Å². The summed E-state index contributed by atoms with van der Waals surface area (Å²) in [5.74, 6) is -1.06. The van der Waals surface area contributed by atoms with Crippen LogP contribution in [0.2, 0.25) is 0 Å². The summed E-state index contributed by atoms with van der Waals surface area (Å²) < 4.78 is 10.3. The fraction of sp³-hybridized carbons (Fsp3) is 0.789. The van der Waals surface area contributed by atoms with E-state index in [2.05, 4.69) is 18.2 Å². The average molecular weight is 324 g/mol. The van der Waals surface area contributed by atoms with Crippen molar-refractivity contribution in [3.05, 3.63) is 12.7 Å². The molecule has 4 nitrogen and oxygen atoms in total. The summed E-state index contributed by atoms with van der Waals surface area (Å²) in [4.78, 5) is 23.1. The highest BCUT2D eigenvalue weighted by atomic mass is 16.6. The molecule has 0 aliphatic carbocycles. The highest BCUT2D eigenvalue weighted by Crippen LogP contribution is 2.30. The zero-order valence-electron chi connectivity index (χ0n) is 14.6. The highest BCUT2D eigenvalue weighted by Gasteiger charge is 2.49. The second-order valence-electron chi connectivity index (χ2n) is 6.46. The lowest BCUT2D eigenvalue weighted by atomic mass is 9.97. The zero-order valence-corrected chi connectivity index (χ0v) is 14.6. The zero-order chi connectivity index (χ0) is 17.0. The van der Waals surface area contributed by atoms with Crippen LogP contribution in [0.1, 0.15) is 84.0 Å². The molecular formula is C19H32O4. The van der Waals surface area contributed by atoms with Crippen molar-refractivity contribution in [2.45, 2.75) is 89.6 Å². The molecule has 4 heteroatoms. The van der Waals surface area contributed by atoms with Crippen molar-refractivity contribution in [1.29, 1.82) is 0 Å². The Labute approximate surface area is 140 Å². The predicted octanol–water partition coefficient (Wildman–Crippen LogP) is 4.71. The molecule has 0 aromatic carbocycles. The van der Waals surface area contributed by atoms with Crippen molar-refractivity contribution in [3.8, 4) is 0 Å². The molecule has 1 aliphatic heterocycles. The molecule has 1 atom stereocenters. The molecule has 0 radical (unpaired) electrons. The Kier molecular flexibility index (Phi) is 9.85. The Morgan fingerprint density at radius 1 is 1.04 bits per heavy atom. The second kappa shape index (κ2) is 11.4. The predicted molar refractivity (Wildman–Crippen MR) is 91.1 cm³/mol. The van der Waals surface area contributed by atoms with Crippen LogP contribution in [0.5, 0.6) is 0 Å². The quantitative estimate of drug-likeness (QED) is 0.201. The van der Waals surface area contributed by atoms with Gasteiger partial charge in [-0.05, 0) is 6.42 Å². The number of carbonyl (C=O) groups excluding carboxylic acids is 2. The summed E-state index contributed by atoms with van der Waals surface area (Å²) >= 11 is 0. The van der Waals surface area contributed by atoms with E-state index in [4.69, 9.17) is 4.74 Å². The normalized spacial score (nSPS) is 20.7. The topological polar surface area (TPSA) is 52.6 Å². The number of unbranched alkanes of at least 4 members (excludes halogenated alkanes) is 9. The first kappa shape index (κ1) is 19.9. The summed E-state index contributed by atoms with van der Waals surface area (Å²) in [5, 5.41) is 0. The number of hydrogen-bond acceptors (Lipinski definition) is 4. The number of esters is 2. The van der Waals surface area contributed by atoms with Gasteiger partial charge in [0.05, 0.1) is 6.42 Å². The molecule has 0 N–H and O–H groups in total. The van der Waals surface area contributed by atoms with Crippen LogP contribution in [0, 0.1) is 0 Å². The largest absolute Gasteiger partial charge is 0.391 e. The Morgan fingerprint density at radius 3 is 2.09 bits per heavy atom. The Hall–Kier alpha value is -1.16. The van der Waals surface area contributed by atoms with Crippen LogP contribution >= 0.6 is 0 Å². The molecule has 1 aliphatic rings. The SMILES string of the molecule is C=CCC1(OCCCCCCCCCCCC)CC(=O)OC1=O. The summed E-state index contributed by atoms with van der Waals surface area (Å²) in [6.07, 6.45) is 14.5. The molecule has 1 fully saturated rings. The van der Waals surface area contributed by atoms with Gasteiger partial charge in [0.25, 0.3) is 0 Å². The molecule has 0 aromatic rings. The minimum Gasteiger partial charge on any atom is -0.391 e. The van der Waals surface area contributed by atoms with E-state index >= 15 is 0 Å². The number of carbonyl (C=O) groups is 2. The molecule has 0 saturated carbocycles. The van der Waals surface area contributed by atoms with E-state index in [1.54, 1.807) is 6.08 Å². The first-order valence-electron chi connectivity index (χ1n) is 9.14. The van der Waals surface area contributed by atoms with Crippen molar-refractivity contribution in [1.82, 2.24) is 0 Å². The molecule has 0 spiro atoms. The number of ether oxygens (including phenoxy) is 2. The van der Waals surface area contributed by atoms with Gasteiger partial charge in [0.2, 0.25) is 0 Å². The van der Waals surface area contributed by atoms with Gasteiger partial charge in [0.1, 0.15) is 0 Å². The molecule has 132 valence electrons. The monoisotopic (exact) mass is 324 g/mol. The number of hydrogen-bond donors (Lipinski definition) is 0. The van der Waals surface area contributed by atoms with Gasteiger partial charge in [0.15, 0.2) is 5.60 Å². The van der Waals surface area contributed by atoms with E-state index in [0.717, 1.165) is 12.8 Å². The average Bonchev–Trinajstić information content (AvgIpc) is 2.79. The van der Waals surface area contributed by atoms with Crippen molar-refractivity contribution in [2.24, 2.45) is 0 Å². The third kappa shape index (κ3) is 7.30. The van der Waals surface area contributed by atoms with Crippen LogP contribution in [0.15, 0.2) is 12.7 Å². The third-order valence-electron chi connectivity index (χ3n) is 4.36. The van der Waals surface area contributed by atoms with Gasteiger partial charge in [0, 0.05) is 13.0 Å². The Bertz CT molecular complexity index is 378. The summed E-state index contributed by atoms with van der Waals surface area (Å²) in [5.41, 5.74) is -1.11. The minimum absolute atomic E-state index is 0.00954. The van der Waals surface area contributed by atoms with Crippen LogP contribution in [-0.4, -0.2) is 24.1 Å². The van der Waals surface area contributed by atoms with E-state index in [9.17, 15) is 9.59 Å². The maximum Gasteiger partial charge on any atom is 0.346 e. The van der Waals surface area contributed by atoms with Crippen molar-refractivity contribution >= 4 is 11.9 Å². The fourth-order valence-corrected chi connectivity index (χ4v) is 2.95. The maximum absolute atomic E-state index is 11.8. The van der Waals surface area contributed by atoms with Gasteiger partial charge >= 0.3 is 11.9 Å². The van der Waals surface area contributed by atoms with Gasteiger partial charge in [-0.2, -0.15) is 0 Å². The van der Waals surface area contributed by atoms with Crippen LogP contribution in [0.25, 0.3) is 0 Å². The first-order valence-corrected chi connectivity index (χ1v) is 9.14. The van der Waals surface area contributed by atoms with Gasteiger partial charge in [-0.3, -0.25) is 4.79 Å². The van der Waals surface area contributed by atoms with E-state index in [1.807, 2.05) is 0 Å². The lowest BCUT2D eigenvalue weighted by Crippen LogP contribution is -2.37. The molecule has 1 heterocycles. The molecular weight excluding hydrogens is 292 g/mol. The smallest absolute Gasteiger partial charge is 0.346 e. The molecule has 0 bridgehead atoms. The van der Waals surface area contributed by atoms with Gasteiger partial charge in [-0.15, -0.1) is 6.58 Å². The number of rotatable bonds is 14. The number of cyclic esters (lactones) is 2. The Balaban J connectivity index is 2.06. The van der Waals surface area contributed by atoms with Crippen molar-refractivity contribution < 1.29 is 19.1 Å². The van der Waals surface area contributed by atoms with Crippen LogP contribution in [-0.2, 0) is 19.1 Å². The molecule has 23 heavy (non-hydrogen) atoms. The Morgan fingerprint density at radius 2 is 1.61 bits per heavy atom. The maximum atomic E-state index is 11.8. The molecule has 1 rings (SSSR count). The lowest BCUT2D eigenvalue weighted by molar-refractivity contribution is -0.162.